The lowest BCUT2D eigenvalue weighted by molar-refractivity contribution is 0.145. The Balaban J connectivity index is 1.61. The van der Waals surface area contributed by atoms with Crippen LogP contribution in [0.5, 0.6) is 5.75 Å². The van der Waals surface area contributed by atoms with Crippen LogP contribution in [-0.4, -0.2) is 56.2 Å². The lowest BCUT2D eigenvalue weighted by Crippen LogP contribution is -2.44. The lowest BCUT2D eigenvalue weighted by atomic mass is 10.3. The largest absolute Gasteiger partial charge is 0.493 e. The standard InChI is InChI=1S/C14H21ClN2O/c1-16-7-9-17(10-8-16)6-3-11-18-14-5-2-4-13(15)12-14/h2,4-5,12H,3,6-11H2,1H3. The van der Waals surface area contributed by atoms with Crippen molar-refractivity contribution >= 4 is 11.6 Å². The van der Waals surface area contributed by atoms with Gasteiger partial charge in [0.15, 0.2) is 0 Å². The van der Waals surface area contributed by atoms with E-state index < -0.39 is 0 Å². The molecule has 0 N–H and O–H groups in total. The van der Waals surface area contributed by atoms with Gasteiger partial charge in [-0.15, -0.1) is 0 Å². The highest BCUT2D eigenvalue weighted by Crippen LogP contribution is 2.17. The van der Waals surface area contributed by atoms with E-state index in [0.717, 1.165) is 30.3 Å². The van der Waals surface area contributed by atoms with Crippen LogP contribution in [0.25, 0.3) is 0 Å². The number of likely N-dealkylation sites (N-methyl/N-ethyl adjacent to an activating group) is 1. The molecule has 1 fully saturated rings. The fourth-order valence-corrected chi connectivity index (χ4v) is 2.29. The normalized spacial score (nSPS) is 17.9. The molecule has 100 valence electrons. The quantitative estimate of drug-likeness (QED) is 0.763. The monoisotopic (exact) mass is 268 g/mol. The average molecular weight is 269 g/mol. The molecular weight excluding hydrogens is 248 g/mol. The van der Waals surface area contributed by atoms with E-state index in [1.807, 2.05) is 24.3 Å². The molecule has 0 aliphatic carbocycles. The van der Waals surface area contributed by atoms with Crippen molar-refractivity contribution in [1.29, 1.82) is 0 Å². The summed E-state index contributed by atoms with van der Waals surface area (Å²) in [6.45, 7) is 6.58. The Hall–Kier alpha value is -0.770. The van der Waals surface area contributed by atoms with Crippen LogP contribution in [0.15, 0.2) is 24.3 Å². The first kappa shape index (κ1) is 13.7. The first-order valence-electron chi connectivity index (χ1n) is 6.53. The second-order valence-corrected chi connectivity index (χ2v) is 5.24. The summed E-state index contributed by atoms with van der Waals surface area (Å²) < 4.78 is 5.68. The zero-order valence-electron chi connectivity index (χ0n) is 10.9. The number of hydrogen-bond acceptors (Lipinski definition) is 3. The number of benzene rings is 1. The molecule has 18 heavy (non-hydrogen) atoms. The van der Waals surface area contributed by atoms with Gasteiger partial charge in [-0.25, -0.2) is 0 Å². The maximum absolute atomic E-state index is 5.90. The van der Waals surface area contributed by atoms with E-state index in [1.165, 1.54) is 26.2 Å². The topological polar surface area (TPSA) is 15.7 Å². The van der Waals surface area contributed by atoms with Crippen LogP contribution in [0.1, 0.15) is 6.42 Å². The maximum Gasteiger partial charge on any atom is 0.120 e. The minimum atomic E-state index is 0.728. The summed E-state index contributed by atoms with van der Waals surface area (Å²) in [6.07, 6.45) is 1.07. The molecule has 4 heteroatoms. The Morgan fingerprint density at radius 2 is 2.00 bits per heavy atom. The highest BCUT2D eigenvalue weighted by Gasteiger charge is 2.12. The van der Waals surface area contributed by atoms with Crippen LogP contribution in [0.4, 0.5) is 0 Å². The molecule has 0 bridgehead atoms. The van der Waals surface area contributed by atoms with Gasteiger partial charge in [-0.05, 0) is 31.7 Å². The number of piperazine rings is 1. The molecule has 0 radical (unpaired) electrons. The van der Waals surface area contributed by atoms with Crippen molar-refractivity contribution in [2.75, 3.05) is 46.4 Å². The Labute approximate surface area is 114 Å². The summed E-state index contributed by atoms with van der Waals surface area (Å²) >= 11 is 5.90. The lowest BCUT2D eigenvalue weighted by Gasteiger charge is -2.32. The van der Waals surface area contributed by atoms with Gasteiger partial charge >= 0.3 is 0 Å². The Morgan fingerprint density at radius 3 is 2.72 bits per heavy atom. The van der Waals surface area contributed by atoms with E-state index in [4.69, 9.17) is 16.3 Å². The van der Waals surface area contributed by atoms with E-state index in [0.29, 0.717) is 0 Å². The van der Waals surface area contributed by atoms with Crippen molar-refractivity contribution < 1.29 is 4.74 Å². The van der Waals surface area contributed by atoms with E-state index in [-0.39, 0.29) is 0 Å². The predicted molar refractivity (Wildman–Crippen MR) is 75.5 cm³/mol. The van der Waals surface area contributed by atoms with Crippen LogP contribution < -0.4 is 4.74 Å². The minimum Gasteiger partial charge on any atom is -0.493 e. The van der Waals surface area contributed by atoms with Crippen LogP contribution in [0, 0.1) is 0 Å². The van der Waals surface area contributed by atoms with Crippen molar-refractivity contribution in [3.8, 4) is 5.75 Å². The van der Waals surface area contributed by atoms with Crippen LogP contribution in [-0.2, 0) is 0 Å². The maximum atomic E-state index is 5.90. The van der Waals surface area contributed by atoms with E-state index in [1.54, 1.807) is 0 Å². The third kappa shape index (κ3) is 4.48. The summed E-state index contributed by atoms with van der Waals surface area (Å²) in [5.74, 6) is 0.862. The van der Waals surface area contributed by atoms with Gasteiger partial charge in [0, 0.05) is 37.7 Å². The third-order valence-electron chi connectivity index (χ3n) is 3.28. The highest BCUT2D eigenvalue weighted by molar-refractivity contribution is 6.30. The smallest absolute Gasteiger partial charge is 0.120 e. The van der Waals surface area contributed by atoms with Gasteiger partial charge in [-0.2, -0.15) is 0 Å². The number of hydrogen-bond donors (Lipinski definition) is 0. The number of halogens is 1. The first-order valence-corrected chi connectivity index (χ1v) is 6.91. The van der Waals surface area contributed by atoms with E-state index in [2.05, 4.69) is 16.8 Å². The average Bonchev–Trinajstić information content (AvgIpc) is 2.37. The molecular formula is C14H21ClN2O. The van der Waals surface area contributed by atoms with Gasteiger partial charge in [-0.3, -0.25) is 0 Å². The number of nitrogens with zero attached hydrogens (tertiary/aromatic N) is 2. The molecule has 0 unspecified atom stereocenters. The van der Waals surface area contributed by atoms with Crippen LogP contribution in [0.3, 0.4) is 0 Å². The minimum absolute atomic E-state index is 0.728. The molecule has 2 rings (SSSR count). The molecule has 0 atom stereocenters. The molecule has 1 aromatic rings. The molecule has 0 amide bonds. The molecule has 1 aliphatic heterocycles. The summed E-state index contributed by atoms with van der Waals surface area (Å²) in [4.78, 5) is 4.88. The summed E-state index contributed by atoms with van der Waals surface area (Å²) in [5, 5.41) is 0.728. The van der Waals surface area contributed by atoms with Gasteiger partial charge in [0.2, 0.25) is 0 Å². The summed E-state index contributed by atoms with van der Waals surface area (Å²) in [7, 11) is 2.18. The first-order chi connectivity index (χ1) is 8.74. The second-order valence-electron chi connectivity index (χ2n) is 4.80. The second kappa shape index (κ2) is 6.98. The fourth-order valence-electron chi connectivity index (χ4n) is 2.11. The molecule has 1 heterocycles. The third-order valence-corrected chi connectivity index (χ3v) is 3.51. The molecule has 1 saturated heterocycles. The summed E-state index contributed by atoms with van der Waals surface area (Å²) in [5.41, 5.74) is 0. The molecule has 1 aliphatic rings. The van der Waals surface area contributed by atoms with Crippen molar-refractivity contribution in [3.05, 3.63) is 29.3 Å². The fraction of sp³-hybridized carbons (Fsp3) is 0.571. The number of ether oxygens (including phenoxy) is 1. The van der Waals surface area contributed by atoms with Gasteiger partial charge in [-0.1, -0.05) is 17.7 Å². The van der Waals surface area contributed by atoms with E-state index in [9.17, 15) is 0 Å². The molecule has 1 aromatic carbocycles. The summed E-state index contributed by atoms with van der Waals surface area (Å²) in [6, 6.07) is 7.58. The molecule has 0 aromatic heterocycles. The van der Waals surface area contributed by atoms with Gasteiger partial charge in [0.05, 0.1) is 6.61 Å². The Kier molecular flexibility index (Phi) is 5.29. The zero-order valence-corrected chi connectivity index (χ0v) is 11.7. The van der Waals surface area contributed by atoms with Crippen LogP contribution >= 0.6 is 11.6 Å². The Morgan fingerprint density at radius 1 is 1.22 bits per heavy atom. The Bertz CT molecular complexity index is 365. The van der Waals surface area contributed by atoms with Crippen molar-refractivity contribution in [2.45, 2.75) is 6.42 Å². The molecule has 3 nitrogen and oxygen atoms in total. The molecule has 0 saturated carbocycles. The van der Waals surface area contributed by atoms with Gasteiger partial charge < -0.3 is 14.5 Å². The van der Waals surface area contributed by atoms with E-state index >= 15 is 0 Å². The SMILES string of the molecule is CN1CCN(CCCOc2cccc(Cl)c2)CC1. The zero-order chi connectivity index (χ0) is 12.8. The van der Waals surface area contributed by atoms with Crippen LogP contribution in [0.2, 0.25) is 5.02 Å². The molecule has 0 spiro atoms. The van der Waals surface area contributed by atoms with Crippen molar-refractivity contribution in [2.24, 2.45) is 0 Å². The van der Waals surface area contributed by atoms with Gasteiger partial charge in [0.1, 0.15) is 5.75 Å². The van der Waals surface area contributed by atoms with Crippen molar-refractivity contribution in [1.82, 2.24) is 9.80 Å². The van der Waals surface area contributed by atoms with Gasteiger partial charge in [0.25, 0.3) is 0 Å². The number of rotatable bonds is 5. The van der Waals surface area contributed by atoms with Crippen molar-refractivity contribution in [3.63, 3.8) is 0 Å². The predicted octanol–water partition coefficient (Wildman–Crippen LogP) is 2.36. The highest BCUT2D eigenvalue weighted by atomic mass is 35.5.